The van der Waals surface area contributed by atoms with Crippen molar-refractivity contribution in [1.29, 1.82) is 0 Å². The van der Waals surface area contributed by atoms with Crippen molar-refractivity contribution in [2.24, 2.45) is 23.2 Å². The molecule has 1 aliphatic heterocycles. The monoisotopic (exact) mass is 196 g/mol. The van der Waals surface area contributed by atoms with E-state index in [2.05, 4.69) is 20.8 Å². The standard InChI is InChI=1S/C12H20O2/c1-8-10-6-9(11(8,2)3)7-12(10)13-4-5-14-12/h8-10H,4-7H2,1-3H3/t8-,9+,10-/m1/s1. The first-order valence-corrected chi connectivity index (χ1v) is 5.84. The normalized spacial score (nSPS) is 47.8. The number of rotatable bonds is 0. The van der Waals surface area contributed by atoms with Gasteiger partial charge >= 0.3 is 0 Å². The fourth-order valence-corrected chi connectivity index (χ4v) is 3.91. The Balaban J connectivity index is 1.92. The van der Waals surface area contributed by atoms with E-state index in [9.17, 15) is 0 Å². The lowest BCUT2D eigenvalue weighted by molar-refractivity contribution is -0.214. The molecule has 0 aromatic rings. The van der Waals surface area contributed by atoms with Crippen molar-refractivity contribution in [3.05, 3.63) is 0 Å². The van der Waals surface area contributed by atoms with Crippen molar-refractivity contribution in [2.75, 3.05) is 13.2 Å². The molecule has 14 heavy (non-hydrogen) atoms. The molecule has 2 nitrogen and oxygen atoms in total. The van der Waals surface area contributed by atoms with E-state index >= 15 is 0 Å². The maximum atomic E-state index is 5.88. The van der Waals surface area contributed by atoms with Crippen molar-refractivity contribution >= 4 is 0 Å². The topological polar surface area (TPSA) is 18.5 Å². The molecule has 0 N–H and O–H groups in total. The SMILES string of the molecule is C[C@@H]1[C@H]2C[C@@H](CC23OCCO3)C1(C)C. The van der Waals surface area contributed by atoms with E-state index < -0.39 is 0 Å². The van der Waals surface area contributed by atoms with Crippen LogP contribution in [0.5, 0.6) is 0 Å². The minimum Gasteiger partial charge on any atom is -0.347 e. The first kappa shape index (κ1) is 9.17. The second kappa shape index (κ2) is 2.53. The van der Waals surface area contributed by atoms with Crippen LogP contribution in [0.3, 0.4) is 0 Å². The van der Waals surface area contributed by atoms with Crippen LogP contribution in [0.4, 0.5) is 0 Å². The molecule has 2 saturated carbocycles. The summed E-state index contributed by atoms with van der Waals surface area (Å²) in [6.07, 6.45) is 2.45. The van der Waals surface area contributed by atoms with Gasteiger partial charge in [0.25, 0.3) is 0 Å². The molecular formula is C12H20O2. The summed E-state index contributed by atoms with van der Waals surface area (Å²) in [5.74, 6) is 2.02. The Bertz CT molecular complexity index is 249. The number of hydrogen-bond donors (Lipinski definition) is 0. The Kier molecular flexibility index (Phi) is 1.66. The van der Waals surface area contributed by atoms with Gasteiger partial charge in [0.05, 0.1) is 13.2 Å². The molecule has 80 valence electrons. The van der Waals surface area contributed by atoms with Crippen LogP contribution in [0, 0.1) is 23.2 Å². The predicted octanol–water partition coefficient (Wildman–Crippen LogP) is 2.43. The van der Waals surface area contributed by atoms with Crippen LogP contribution in [-0.2, 0) is 9.47 Å². The van der Waals surface area contributed by atoms with Crippen molar-refractivity contribution in [3.8, 4) is 0 Å². The van der Waals surface area contributed by atoms with Crippen LogP contribution in [0.2, 0.25) is 0 Å². The summed E-state index contributed by atoms with van der Waals surface area (Å²) < 4.78 is 11.8. The molecular weight excluding hydrogens is 176 g/mol. The van der Waals surface area contributed by atoms with Gasteiger partial charge in [-0.05, 0) is 23.7 Å². The van der Waals surface area contributed by atoms with Gasteiger partial charge < -0.3 is 9.47 Å². The summed E-state index contributed by atoms with van der Waals surface area (Å²) in [6.45, 7) is 8.79. The fraction of sp³-hybridized carbons (Fsp3) is 1.00. The van der Waals surface area contributed by atoms with Gasteiger partial charge in [-0.15, -0.1) is 0 Å². The average molecular weight is 196 g/mol. The molecule has 2 bridgehead atoms. The number of hydrogen-bond acceptors (Lipinski definition) is 2. The third-order valence-corrected chi connectivity index (χ3v) is 5.24. The van der Waals surface area contributed by atoms with Crippen LogP contribution >= 0.6 is 0 Å². The molecule has 2 aliphatic carbocycles. The van der Waals surface area contributed by atoms with Crippen LogP contribution in [-0.4, -0.2) is 19.0 Å². The van der Waals surface area contributed by atoms with Crippen molar-refractivity contribution < 1.29 is 9.47 Å². The minimum atomic E-state index is -0.167. The summed E-state index contributed by atoms with van der Waals surface area (Å²) in [5, 5.41) is 0. The maximum Gasteiger partial charge on any atom is 0.171 e. The lowest BCUT2D eigenvalue weighted by Gasteiger charge is -2.44. The third-order valence-electron chi connectivity index (χ3n) is 5.24. The Morgan fingerprint density at radius 2 is 1.79 bits per heavy atom. The highest BCUT2D eigenvalue weighted by molar-refractivity contribution is 5.09. The highest BCUT2D eigenvalue weighted by Crippen LogP contribution is 2.64. The summed E-state index contributed by atoms with van der Waals surface area (Å²) in [6, 6.07) is 0. The summed E-state index contributed by atoms with van der Waals surface area (Å²) >= 11 is 0. The molecule has 3 rings (SSSR count). The molecule has 0 radical (unpaired) electrons. The van der Waals surface area contributed by atoms with Crippen LogP contribution < -0.4 is 0 Å². The second-order valence-electron chi connectivity index (χ2n) is 5.86. The van der Waals surface area contributed by atoms with Gasteiger partial charge in [0.1, 0.15) is 0 Å². The van der Waals surface area contributed by atoms with Crippen molar-refractivity contribution in [3.63, 3.8) is 0 Å². The first-order chi connectivity index (χ1) is 6.56. The van der Waals surface area contributed by atoms with Gasteiger partial charge in [0.2, 0.25) is 0 Å². The van der Waals surface area contributed by atoms with E-state index in [0.29, 0.717) is 11.3 Å². The molecule has 0 aromatic carbocycles. The highest BCUT2D eigenvalue weighted by atomic mass is 16.7. The number of fused-ring (bicyclic) bond motifs is 3. The molecule has 3 atom stereocenters. The molecule has 3 fully saturated rings. The second-order valence-corrected chi connectivity index (χ2v) is 5.86. The highest BCUT2D eigenvalue weighted by Gasteiger charge is 2.64. The smallest absolute Gasteiger partial charge is 0.171 e. The Morgan fingerprint density at radius 1 is 1.14 bits per heavy atom. The van der Waals surface area contributed by atoms with Gasteiger partial charge in [0.15, 0.2) is 5.79 Å². The minimum absolute atomic E-state index is 0.167. The lowest BCUT2D eigenvalue weighted by Crippen LogP contribution is -2.45. The predicted molar refractivity (Wildman–Crippen MR) is 53.8 cm³/mol. The zero-order valence-corrected chi connectivity index (χ0v) is 9.38. The molecule has 0 unspecified atom stereocenters. The zero-order chi connectivity index (χ0) is 9.97. The molecule has 2 heteroatoms. The molecule has 0 amide bonds. The van der Waals surface area contributed by atoms with E-state index in [1.165, 1.54) is 6.42 Å². The molecule has 0 aromatic heterocycles. The fourth-order valence-electron chi connectivity index (χ4n) is 3.91. The molecule has 3 aliphatic rings. The van der Waals surface area contributed by atoms with E-state index in [1.807, 2.05) is 0 Å². The van der Waals surface area contributed by atoms with E-state index in [1.54, 1.807) is 0 Å². The van der Waals surface area contributed by atoms with Crippen molar-refractivity contribution in [2.45, 2.75) is 39.4 Å². The average Bonchev–Trinajstić information content (AvgIpc) is 2.77. The largest absolute Gasteiger partial charge is 0.347 e. The maximum absolute atomic E-state index is 5.88. The van der Waals surface area contributed by atoms with Crippen LogP contribution in [0.15, 0.2) is 0 Å². The quantitative estimate of drug-likeness (QED) is 0.592. The summed E-state index contributed by atoms with van der Waals surface area (Å²) in [5.41, 5.74) is 0.491. The molecule has 1 spiro atoms. The third kappa shape index (κ3) is 0.892. The van der Waals surface area contributed by atoms with Gasteiger partial charge in [0, 0.05) is 12.3 Å². The summed E-state index contributed by atoms with van der Waals surface area (Å²) in [4.78, 5) is 0. The van der Waals surface area contributed by atoms with Gasteiger partial charge in [-0.1, -0.05) is 20.8 Å². The first-order valence-electron chi connectivity index (χ1n) is 5.84. The Labute approximate surface area is 86.0 Å². The van der Waals surface area contributed by atoms with E-state index in [0.717, 1.165) is 31.5 Å². The summed E-state index contributed by atoms with van der Waals surface area (Å²) in [7, 11) is 0. The Morgan fingerprint density at radius 3 is 2.29 bits per heavy atom. The van der Waals surface area contributed by atoms with Gasteiger partial charge in [-0.2, -0.15) is 0 Å². The van der Waals surface area contributed by atoms with E-state index in [4.69, 9.17) is 9.47 Å². The van der Waals surface area contributed by atoms with Crippen LogP contribution in [0.1, 0.15) is 33.6 Å². The number of ether oxygens (including phenoxy) is 2. The van der Waals surface area contributed by atoms with E-state index in [-0.39, 0.29) is 5.79 Å². The van der Waals surface area contributed by atoms with Crippen LogP contribution in [0.25, 0.3) is 0 Å². The lowest BCUT2D eigenvalue weighted by atomic mass is 9.67. The van der Waals surface area contributed by atoms with Gasteiger partial charge in [-0.3, -0.25) is 0 Å². The van der Waals surface area contributed by atoms with Crippen molar-refractivity contribution in [1.82, 2.24) is 0 Å². The molecule has 1 saturated heterocycles. The van der Waals surface area contributed by atoms with Gasteiger partial charge in [-0.25, -0.2) is 0 Å². The zero-order valence-electron chi connectivity index (χ0n) is 9.38. The Hall–Kier alpha value is -0.0800. The molecule has 1 heterocycles.